The molecule has 2 amide bonds. The normalized spacial score (nSPS) is 20.9. The van der Waals surface area contributed by atoms with E-state index in [1.165, 1.54) is 5.06 Å². The lowest BCUT2D eigenvalue weighted by molar-refractivity contribution is -0.198. The molecule has 0 spiro atoms. The summed E-state index contributed by atoms with van der Waals surface area (Å²) in [7, 11) is 3.19. The molecule has 1 aromatic carbocycles. The van der Waals surface area contributed by atoms with Gasteiger partial charge in [0.2, 0.25) is 11.8 Å². The molecule has 1 atom stereocenters. The molecular weight excluding hydrogens is 350 g/mol. The van der Waals surface area contributed by atoms with Gasteiger partial charge in [0, 0.05) is 26.2 Å². The van der Waals surface area contributed by atoms with Crippen molar-refractivity contribution >= 4 is 11.8 Å². The molecule has 2 aliphatic rings. The zero-order valence-electron chi connectivity index (χ0n) is 15.9. The van der Waals surface area contributed by atoms with Gasteiger partial charge in [0.05, 0.1) is 33.3 Å². The predicted molar refractivity (Wildman–Crippen MR) is 98.3 cm³/mol. The van der Waals surface area contributed by atoms with Gasteiger partial charge in [-0.05, 0) is 30.5 Å². The summed E-state index contributed by atoms with van der Waals surface area (Å²) in [6.07, 6.45) is 2.00. The summed E-state index contributed by atoms with van der Waals surface area (Å²) in [6, 6.07) is 5.18. The lowest BCUT2D eigenvalue weighted by atomic mass is 10.1. The van der Waals surface area contributed by atoms with Gasteiger partial charge >= 0.3 is 0 Å². The fraction of sp³-hybridized carbons (Fsp3) is 0.579. The third kappa shape index (κ3) is 4.70. The summed E-state index contributed by atoms with van der Waals surface area (Å²) in [5.41, 5.74) is 0.994. The average Bonchev–Trinajstić information content (AvgIpc) is 2.71. The number of benzene rings is 1. The van der Waals surface area contributed by atoms with Crippen LogP contribution in [0.5, 0.6) is 11.5 Å². The Morgan fingerprint density at radius 2 is 2.04 bits per heavy atom. The molecule has 2 saturated heterocycles. The number of nitrogens with one attached hydrogen (secondary N) is 1. The largest absolute Gasteiger partial charge is 0.493 e. The SMILES string of the molecule is COc1ccc(CN2CCNC(=O)[C@H]2CC(=O)N2CCCCO2)cc1OC. The molecule has 0 bridgehead atoms. The van der Waals surface area contributed by atoms with Gasteiger partial charge in [0.1, 0.15) is 0 Å². The molecule has 1 N–H and O–H groups in total. The Kier molecular flexibility index (Phi) is 6.52. The Balaban J connectivity index is 1.70. The van der Waals surface area contributed by atoms with Crippen LogP contribution in [0.15, 0.2) is 18.2 Å². The van der Waals surface area contributed by atoms with E-state index in [4.69, 9.17) is 14.3 Å². The van der Waals surface area contributed by atoms with Gasteiger partial charge in [-0.15, -0.1) is 0 Å². The van der Waals surface area contributed by atoms with Gasteiger partial charge < -0.3 is 14.8 Å². The van der Waals surface area contributed by atoms with Crippen molar-refractivity contribution in [3.63, 3.8) is 0 Å². The highest BCUT2D eigenvalue weighted by molar-refractivity contribution is 5.88. The van der Waals surface area contributed by atoms with Crippen LogP contribution in [-0.2, 0) is 21.0 Å². The number of methoxy groups -OCH3 is 2. The summed E-state index contributed by atoms with van der Waals surface area (Å²) in [6.45, 7) is 2.93. The third-order valence-corrected chi connectivity index (χ3v) is 4.92. The van der Waals surface area contributed by atoms with Crippen molar-refractivity contribution in [3.8, 4) is 11.5 Å². The summed E-state index contributed by atoms with van der Waals surface area (Å²) in [5.74, 6) is 1.04. The van der Waals surface area contributed by atoms with Crippen LogP contribution in [0.25, 0.3) is 0 Å². The van der Waals surface area contributed by atoms with E-state index in [9.17, 15) is 9.59 Å². The molecule has 0 radical (unpaired) electrons. The van der Waals surface area contributed by atoms with Crippen LogP contribution in [0.1, 0.15) is 24.8 Å². The highest BCUT2D eigenvalue weighted by Gasteiger charge is 2.33. The fourth-order valence-electron chi connectivity index (χ4n) is 3.45. The molecule has 148 valence electrons. The first-order valence-corrected chi connectivity index (χ1v) is 9.28. The van der Waals surface area contributed by atoms with Crippen molar-refractivity contribution in [2.75, 3.05) is 40.5 Å². The maximum Gasteiger partial charge on any atom is 0.248 e. The van der Waals surface area contributed by atoms with Gasteiger partial charge in [-0.25, -0.2) is 5.06 Å². The van der Waals surface area contributed by atoms with Crippen molar-refractivity contribution < 1.29 is 23.9 Å². The number of rotatable bonds is 6. The molecule has 8 nitrogen and oxygen atoms in total. The van der Waals surface area contributed by atoms with Crippen LogP contribution in [0, 0.1) is 0 Å². The summed E-state index contributed by atoms with van der Waals surface area (Å²) >= 11 is 0. The molecule has 3 rings (SSSR count). The number of ether oxygens (including phenoxy) is 2. The second-order valence-electron chi connectivity index (χ2n) is 6.71. The minimum absolute atomic E-state index is 0.110. The molecule has 1 aromatic rings. The van der Waals surface area contributed by atoms with Crippen molar-refractivity contribution in [2.24, 2.45) is 0 Å². The van der Waals surface area contributed by atoms with Crippen LogP contribution >= 0.6 is 0 Å². The number of piperazine rings is 1. The van der Waals surface area contributed by atoms with E-state index in [1.807, 2.05) is 23.1 Å². The number of hydrogen-bond acceptors (Lipinski definition) is 6. The minimum atomic E-state index is -0.509. The van der Waals surface area contributed by atoms with Crippen molar-refractivity contribution in [2.45, 2.75) is 31.8 Å². The number of amides is 2. The van der Waals surface area contributed by atoms with E-state index in [0.717, 1.165) is 18.4 Å². The predicted octanol–water partition coefficient (Wildman–Crippen LogP) is 0.948. The monoisotopic (exact) mass is 377 g/mol. The van der Waals surface area contributed by atoms with Gasteiger partial charge in [-0.2, -0.15) is 0 Å². The first kappa shape index (κ1) is 19.4. The Hall–Kier alpha value is -2.32. The van der Waals surface area contributed by atoms with E-state index in [0.29, 0.717) is 44.3 Å². The second-order valence-corrected chi connectivity index (χ2v) is 6.71. The molecule has 0 aromatic heterocycles. The first-order chi connectivity index (χ1) is 13.1. The van der Waals surface area contributed by atoms with Crippen LogP contribution in [0.3, 0.4) is 0 Å². The van der Waals surface area contributed by atoms with Crippen LogP contribution < -0.4 is 14.8 Å². The minimum Gasteiger partial charge on any atom is -0.493 e. The van der Waals surface area contributed by atoms with E-state index < -0.39 is 6.04 Å². The zero-order chi connectivity index (χ0) is 19.2. The maximum atomic E-state index is 12.6. The highest BCUT2D eigenvalue weighted by atomic mass is 16.7. The van der Waals surface area contributed by atoms with Crippen molar-refractivity contribution in [1.29, 1.82) is 0 Å². The molecule has 0 aliphatic carbocycles. The highest BCUT2D eigenvalue weighted by Crippen LogP contribution is 2.28. The lowest BCUT2D eigenvalue weighted by Crippen LogP contribution is -2.56. The van der Waals surface area contributed by atoms with E-state index >= 15 is 0 Å². The lowest BCUT2D eigenvalue weighted by Gasteiger charge is -2.36. The van der Waals surface area contributed by atoms with Crippen molar-refractivity contribution in [1.82, 2.24) is 15.3 Å². The van der Waals surface area contributed by atoms with Crippen LogP contribution in [-0.4, -0.2) is 68.3 Å². The molecule has 27 heavy (non-hydrogen) atoms. The molecular formula is C19H27N3O5. The Morgan fingerprint density at radius 3 is 2.74 bits per heavy atom. The first-order valence-electron chi connectivity index (χ1n) is 9.28. The molecule has 2 heterocycles. The average molecular weight is 377 g/mol. The number of carbonyl (C=O) groups excluding carboxylic acids is 2. The quantitative estimate of drug-likeness (QED) is 0.795. The standard InChI is InChI=1S/C19H27N3O5/c1-25-16-6-5-14(11-17(16)26-2)13-21-9-7-20-19(24)15(21)12-18(23)22-8-3-4-10-27-22/h5-6,11,15H,3-4,7-10,12-13H2,1-2H3,(H,20,24)/t15-/m1/s1. The van der Waals surface area contributed by atoms with Gasteiger partial charge in [0.15, 0.2) is 11.5 Å². The Labute approximate surface area is 159 Å². The van der Waals surface area contributed by atoms with Crippen LogP contribution in [0.2, 0.25) is 0 Å². The topological polar surface area (TPSA) is 80.3 Å². The zero-order valence-corrected chi connectivity index (χ0v) is 15.9. The molecule has 0 saturated carbocycles. The molecule has 8 heteroatoms. The second kappa shape index (κ2) is 9.05. The maximum absolute atomic E-state index is 12.6. The van der Waals surface area contributed by atoms with Gasteiger partial charge in [0.25, 0.3) is 0 Å². The number of hydrogen-bond donors (Lipinski definition) is 1. The van der Waals surface area contributed by atoms with Gasteiger partial charge in [-0.1, -0.05) is 6.07 Å². The Morgan fingerprint density at radius 1 is 1.22 bits per heavy atom. The summed E-state index contributed by atoms with van der Waals surface area (Å²) in [5, 5.41) is 4.26. The summed E-state index contributed by atoms with van der Waals surface area (Å²) in [4.78, 5) is 32.4. The van der Waals surface area contributed by atoms with Crippen molar-refractivity contribution in [3.05, 3.63) is 23.8 Å². The van der Waals surface area contributed by atoms with E-state index in [-0.39, 0.29) is 18.2 Å². The summed E-state index contributed by atoms with van der Waals surface area (Å²) < 4.78 is 10.6. The van der Waals surface area contributed by atoms with E-state index in [2.05, 4.69) is 5.32 Å². The van der Waals surface area contributed by atoms with Crippen LogP contribution in [0.4, 0.5) is 0 Å². The smallest absolute Gasteiger partial charge is 0.248 e. The third-order valence-electron chi connectivity index (χ3n) is 4.92. The van der Waals surface area contributed by atoms with E-state index in [1.54, 1.807) is 14.2 Å². The number of nitrogens with zero attached hydrogens (tertiary/aromatic N) is 2. The number of carbonyl (C=O) groups is 2. The Bertz CT molecular complexity index is 675. The molecule has 0 unspecified atom stereocenters. The molecule has 2 fully saturated rings. The number of hydroxylamine groups is 2. The fourth-order valence-corrected chi connectivity index (χ4v) is 3.45. The van der Waals surface area contributed by atoms with Gasteiger partial charge in [-0.3, -0.25) is 19.3 Å². The molecule has 2 aliphatic heterocycles.